The second-order valence-electron chi connectivity index (χ2n) is 5.58. The van der Waals surface area contributed by atoms with E-state index in [1.54, 1.807) is 24.3 Å². The van der Waals surface area contributed by atoms with E-state index in [0.29, 0.717) is 22.0 Å². The predicted octanol–water partition coefficient (Wildman–Crippen LogP) is 2.56. The normalized spacial score (nSPS) is 10.5. The Morgan fingerprint density at radius 2 is 1.83 bits per heavy atom. The minimum atomic E-state index is -0.691. The van der Waals surface area contributed by atoms with Gasteiger partial charge in [-0.1, -0.05) is 17.8 Å². The highest BCUT2D eigenvalue weighted by molar-refractivity contribution is 7.98. The lowest BCUT2D eigenvalue weighted by Gasteiger charge is -2.06. The Labute approximate surface area is 166 Å². The van der Waals surface area contributed by atoms with Crippen LogP contribution in [0.1, 0.15) is 15.9 Å². The van der Waals surface area contributed by atoms with E-state index in [4.69, 9.17) is 4.74 Å². The Hall–Kier alpha value is -3.87. The molecule has 0 aliphatic rings. The van der Waals surface area contributed by atoms with Crippen molar-refractivity contribution in [3.63, 3.8) is 0 Å². The number of aromatic nitrogens is 4. The van der Waals surface area contributed by atoms with Crippen LogP contribution in [0.5, 0.6) is 0 Å². The SMILES string of the molecule is COC(=O)c1cccc(-n2nnnc2SCc2cc([N+](=O)[O-])cc([N+](=O)[O-])c2)c1. The maximum absolute atomic E-state index is 11.7. The summed E-state index contributed by atoms with van der Waals surface area (Å²) in [5.41, 5.74) is 0.435. The monoisotopic (exact) mass is 416 g/mol. The quantitative estimate of drug-likeness (QED) is 0.243. The number of benzene rings is 2. The average molecular weight is 416 g/mol. The van der Waals surface area contributed by atoms with Gasteiger partial charge in [-0.3, -0.25) is 20.2 Å². The third-order valence-corrected chi connectivity index (χ3v) is 4.70. The number of tetrazole rings is 1. The van der Waals surface area contributed by atoms with Crippen LogP contribution in [-0.2, 0) is 10.5 Å². The van der Waals surface area contributed by atoms with Gasteiger partial charge in [-0.2, -0.15) is 4.68 Å². The number of thioether (sulfide) groups is 1. The van der Waals surface area contributed by atoms with Crippen LogP contribution in [0.4, 0.5) is 11.4 Å². The van der Waals surface area contributed by atoms with Gasteiger partial charge in [0, 0.05) is 17.9 Å². The molecule has 0 aliphatic heterocycles. The third-order valence-electron chi connectivity index (χ3n) is 3.70. The summed E-state index contributed by atoms with van der Waals surface area (Å²) in [6.45, 7) is 0. The molecule has 3 rings (SSSR count). The standard InChI is InChI=1S/C16H12N6O6S/c1-28-15(23)11-3-2-4-12(7-11)20-16(17-18-19-20)29-9-10-5-13(21(24)25)8-14(6-10)22(26)27/h2-8H,9H2,1H3. The molecule has 0 amide bonds. The molecule has 0 N–H and O–H groups in total. The molecular weight excluding hydrogens is 404 g/mol. The van der Waals surface area contributed by atoms with Gasteiger partial charge in [0.2, 0.25) is 5.16 Å². The van der Waals surface area contributed by atoms with Crippen LogP contribution in [0.15, 0.2) is 47.6 Å². The fraction of sp³-hybridized carbons (Fsp3) is 0.125. The number of nitrogens with zero attached hydrogens (tertiary/aromatic N) is 6. The first kappa shape index (κ1) is 19.9. The van der Waals surface area contributed by atoms with E-state index < -0.39 is 15.8 Å². The zero-order chi connectivity index (χ0) is 21.0. The van der Waals surface area contributed by atoms with E-state index in [-0.39, 0.29) is 17.1 Å². The van der Waals surface area contributed by atoms with Crippen LogP contribution in [0, 0.1) is 20.2 Å². The summed E-state index contributed by atoms with van der Waals surface area (Å²) in [6, 6.07) is 9.86. The lowest BCUT2D eigenvalue weighted by atomic mass is 10.2. The molecule has 0 unspecified atom stereocenters. The third kappa shape index (κ3) is 4.52. The number of nitro benzene ring substituents is 2. The molecule has 2 aromatic carbocycles. The van der Waals surface area contributed by atoms with Gasteiger partial charge in [0.1, 0.15) is 0 Å². The second-order valence-corrected chi connectivity index (χ2v) is 6.52. The highest BCUT2D eigenvalue weighted by Gasteiger charge is 2.18. The van der Waals surface area contributed by atoms with Gasteiger partial charge < -0.3 is 4.74 Å². The number of rotatable bonds is 7. The van der Waals surface area contributed by atoms with E-state index in [1.807, 2.05) is 0 Å². The molecule has 0 spiro atoms. The molecular formula is C16H12N6O6S. The Kier molecular flexibility index (Phi) is 5.78. The van der Waals surface area contributed by atoms with Crippen molar-refractivity contribution in [2.24, 2.45) is 0 Å². The lowest BCUT2D eigenvalue weighted by Crippen LogP contribution is -2.04. The van der Waals surface area contributed by atoms with Crippen LogP contribution in [0.3, 0.4) is 0 Å². The fourth-order valence-electron chi connectivity index (χ4n) is 2.41. The van der Waals surface area contributed by atoms with Crippen LogP contribution in [0.2, 0.25) is 0 Å². The topological polar surface area (TPSA) is 156 Å². The minimum absolute atomic E-state index is 0.152. The first-order chi connectivity index (χ1) is 13.9. The molecule has 0 atom stereocenters. The van der Waals surface area contributed by atoms with Crippen molar-refractivity contribution in [1.29, 1.82) is 0 Å². The molecule has 0 aliphatic carbocycles. The van der Waals surface area contributed by atoms with Crippen molar-refractivity contribution in [2.45, 2.75) is 10.9 Å². The molecule has 1 heterocycles. The number of nitro groups is 2. The van der Waals surface area contributed by atoms with Crippen molar-refractivity contribution in [2.75, 3.05) is 7.11 Å². The first-order valence-corrected chi connectivity index (χ1v) is 8.90. The smallest absolute Gasteiger partial charge is 0.337 e. The second kappa shape index (κ2) is 8.43. The maximum atomic E-state index is 11.7. The number of carbonyl (C=O) groups excluding carboxylic acids is 1. The first-order valence-electron chi connectivity index (χ1n) is 7.91. The molecule has 0 radical (unpaired) electrons. The van der Waals surface area contributed by atoms with Crippen molar-refractivity contribution >= 4 is 29.1 Å². The largest absolute Gasteiger partial charge is 0.465 e. The molecule has 0 saturated heterocycles. The van der Waals surface area contributed by atoms with Crippen molar-refractivity contribution in [1.82, 2.24) is 20.2 Å². The summed E-state index contributed by atoms with van der Waals surface area (Å²) in [7, 11) is 1.27. The maximum Gasteiger partial charge on any atom is 0.337 e. The lowest BCUT2D eigenvalue weighted by molar-refractivity contribution is -0.394. The highest BCUT2D eigenvalue weighted by Crippen LogP contribution is 2.28. The van der Waals surface area contributed by atoms with E-state index in [2.05, 4.69) is 15.5 Å². The van der Waals surface area contributed by atoms with Gasteiger partial charge in [0.25, 0.3) is 11.4 Å². The summed E-state index contributed by atoms with van der Waals surface area (Å²) in [4.78, 5) is 32.4. The predicted molar refractivity (Wildman–Crippen MR) is 99.8 cm³/mol. The number of hydrogen-bond acceptors (Lipinski definition) is 10. The Morgan fingerprint density at radius 1 is 1.14 bits per heavy atom. The van der Waals surface area contributed by atoms with Crippen LogP contribution in [-0.4, -0.2) is 43.1 Å². The van der Waals surface area contributed by atoms with E-state index in [9.17, 15) is 25.0 Å². The van der Waals surface area contributed by atoms with Crippen molar-refractivity contribution < 1.29 is 19.4 Å². The highest BCUT2D eigenvalue weighted by atomic mass is 32.2. The molecule has 0 saturated carbocycles. The zero-order valence-electron chi connectivity index (χ0n) is 14.8. The molecule has 13 heteroatoms. The molecule has 12 nitrogen and oxygen atoms in total. The zero-order valence-corrected chi connectivity index (χ0v) is 15.6. The number of hydrogen-bond donors (Lipinski definition) is 0. The summed E-state index contributed by atoms with van der Waals surface area (Å²) in [6.07, 6.45) is 0. The Balaban J connectivity index is 1.86. The van der Waals surface area contributed by atoms with Crippen LogP contribution in [0.25, 0.3) is 5.69 Å². The summed E-state index contributed by atoms with van der Waals surface area (Å²) < 4.78 is 6.07. The number of non-ortho nitro benzene ring substituents is 2. The molecule has 1 aromatic heterocycles. The summed E-state index contributed by atoms with van der Waals surface area (Å²) >= 11 is 1.13. The van der Waals surface area contributed by atoms with Crippen LogP contribution < -0.4 is 0 Å². The van der Waals surface area contributed by atoms with Gasteiger partial charge in [-0.25, -0.2) is 4.79 Å². The van der Waals surface area contributed by atoms with E-state index in [0.717, 1.165) is 17.8 Å². The van der Waals surface area contributed by atoms with Gasteiger partial charge >= 0.3 is 5.97 Å². The van der Waals surface area contributed by atoms with Gasteiger partial charge in [0.15, 0.2) is 0 Å². The van der Waals surface area contributed by atoms with E-state index >= 15 is 0 Å². The summed E-state index contributed by atoms with van der Waals surface area (Å²) in [5.74, 6) is -0.363. The minimum Gasteiger partial charge on any atom is -0.465 e. The van der Waals surface area contributed by atoms with Gasteiger partial charge in [-0.15, -0.1) is 5.10 Å². The molecule has 0 fully saturated rings. The van der Waals surface area contributed by atoms with E-state index in [1.165, 1.54) is 23.9 Å². The Bertz CT molecular complexity index is 1070. The molecule has 0 bridgehead atoms. The van der Waals surface area contributed by atoms with Gasteiger partial charge in [0.05, 0.1) is 34.3 Å². The number of methoxy groups -OCH3 is 1. The molecule has 29 heavy (non-hydrogen) atoms. The van der Waals surface area contributed by atoms with Crippen LogP contribution >= 0.6 is 11.8 Å². The molecule has 148 valence electrons. The number of ether oxygens (including phenoxy) is 1. The molecule has 3 aromatic rings. The summed E-state index contributed by atoms with van der Waals surface area (Å²) in [5, 5.41) is 33.7. The van der Waals surface area contributed by atoms with Crippen molar-refractivity contribution in [3.8, 4) is 5.69 Å². The average Bonchev–Trinajstić information content (AvgIpc) is 3.20. The fourth-order valence-corrected chi connectivity index (χ4v) is 3.23. The van der Waals surface area contributed by atoms with Gasteiger partial charge in [-0.05, 0) is 34.2 Å². The number of esters is 1. The van der Waals surface area contributed by atoms with Crippen molar-refractivity contribution in [3.05, 3.63) is 73.8 Å². The number of carbonyl (C=O) groups is 1. The Morgan fingerprint density at radius 3 is 2.45 bits per heavy atom.